The van der Waals surface area contributed by atoms with Crippen LogP contribution in [-0.2, 0) is 6.42 Å². The van der Waals surface area contributed by atoms with Crippen molar-refractivity contribution < 1.29 is 9.13 Å². The Hall–Kier alpha value is -3.36. The van der Waals surface area contributed by atoms with Crippen molar-refractivity contribution in [2.24, 2.45) is 0 Å². The fourth-order valence-corrected chi connectivity index (χ4v) is 6.70. The summed E-state index contributed by atoms with van der Waals surface area (Å²) < 4.78 is 20.7. The number of aryl methyl sites for hydroxylation is 3. The Labute approximate surface area is 247 Å². The predicted molar refractivity (Wildman–Crippen MR) is 167 cm³/mol. The first-order valence-electron chi connectivity index (χ1n) is 14.7. The second-order valence-electron chi connectivity index (χ2n) is 11.1. The molecule has 2 aromatic heterocycles. The summed E-state index contributed by atoms with van der Waals surface area (Å²) in [5.41, 5.74) is 5.79. The van der Waals surface area contributed by atoms with E-state index in [0.717, 1.165) is 46.2 Å². The summed E-state index contributed by atoms with van der Waals surface area (Å²) in [4.78, 5) is 17.6. The van der Waals surface area contributed by atoms with Crippen LogP contribution in [0.2, 0.25) is 0 Å². The number of aromatic nitrogens is 3. The molecule has 0 unspecified atom stereocenters. The molecular formula is C33H40FN5OS. The number of thiazole rings is 1. The molecule has 1 aliphatic rings. The van der Waals surface area contributed by atoms with Crippen molar-refractivity contribution in [3.8, 4) is 27.6 Å². The smallest absolute Gasteiger partial charge is 0.227 e. The van der Waals surface area contributed by atoms with Crippen LogP contribution in [0.4, 0.5) is 16.0 Å². The van der Waals surface area contributed by atoms with Gasteiger partial charge in [-0.3, -0.25) is 0 Å². The number of rotatable bonds is 11. The SMILES string of the molecule is CCCc1nc(-c2cc(C)cc(C)c2)c(-c2ccnc(Nc3ccc(OCCN(C)C4CCCCC4)c(F)c3)n2)s1. The van der Waals surface area contributed by atoms with Gasteiger partial charge in [0.1, 0.15) is 6.61 Å². The van der Waals surface area contributed by atoms with Crippen molar-refractivity contribution in [1.82, 2.24) is 19.9 Å². The summed E-state index contributed by atoms with van der Waals surface area (Å²) in [6.07, 6.45) is 10.1. The lowest BCUT2D eigenvalue weighted by Crippen LogP contribution is -2.36. The second kappa shape index (κ2) is 13.5. The van der Waals surface area contributed by atoms with Crippen molar-refractivity contribution in [3.05, 3.63) is 70.6 Å². The molecule has 8 heteroatoms. The van der Waals surface area contributed by atoms with Gasteiger partial charge in [-0.1, -0.05) is 43.4 Å². The van der Waals surface area contributed by atoms with E-state index in [9.17, 15) is 4.39 Å². The molecule has 2 aromatic carbocycles. The van der Waals surface area contributed by atoms with E-state index in [0.29, 0.717) is 24.3 Å². The molecule has 0 bridgehead atoms. The molecule has 5 rings (SSSR count). The first kappa shape index (κ1) is 29.1. The van der Waals surface area contributed by atoms with Crippen LogP contribution in [0, 0.1) is 19.7 Å². The molecule has 1 N–H and O–H groups in total. The van der Waals surface area contributed by atoms with Gasteiger partial charge < -0.3 is 15.0 Å². The van der Waals surface area contributed by atoms with Crippen LogP contribution in [0.25, 0.3) is 21.8 Å². The summed E-state index contributed by atoms with van der Waals surface area (Å²) >= 11 is 1.67. The van der Waals surface area contributed by atoms with Crippen molar-refractivity contribution in [1.29, 1.82) is 0 Å². The third kappa shape index (κ3) is 7.49. The molecule has 0 amide bonds. The molecule has 1 aliphatic carbocycles. The summed E-state index contributed by atoms with van der Waals surface area (Å²) in [5, 5.41) is 4.26. The average Bonchev–Trinajstić information content (AvgIpc) is 3.39. The first-order valence-corrected chi connectivity index (χ1v) is 15.5. The second-order valence-corrected chi connectivity index (χ2v) is 12.2. The Morgan fingerprint density at radius 2 is 1.80 bits per heavy atom. The maximum atomic E-state index is 14.9. The van der Waals surface area contributed by atoms with E-state index < -0.39 is 5.82 Å². The van der Waals surface area contributed by atoms with Crippen molar-refractivity contribution in [2.75, 3.05) is 25.5 Å². The van der Waals surface area contributed by atoms with Crippen LogP contribution >= 0.6 is 11.3 Å². The molecule has 2 heterocycles. The molecule has 0 atom stereocenters. The fraction of sp³-hybridized carbons (Fsp3) is 0.424. The van der Waals surface area contributed by atoms with Crippen molar-refractivity contribution in [3.63, 3.8) is 0 Å². The van der Waals surface area contributed by atoms with Crippen LogP contribution in [0.1, 0.15) is 61.6 Å². The molecule has 1 saturated carbocycles. The average molecular weight is 574 g/mol. The Kier molecular flexibility index (Phi) is 9.62. The zero-order valence-corrected chi connectivity index (χ0v) is 25.4. The third-order valence-electron chi connectivity index (χ3n) is 7.61. The molecule has 1 fully saturated rings. The van der Waals surface area contributed by atoms with E-state index in [4.69, 9.17) is 14.7 Å². The molecule has 0 spiro atoms. The number of likely N-dealkylation sites (N-methyl/N-ethyl adjacent to an activating group) is 1. The maximum absolute atomic E-state index is 14.9. The van der Waals surface area contributed by atoms with E-state index >= 15 is 0 Å². The topological polar surface area (TPSA) is 63.2 Å². The summed E-state index contributed by atoms with van der Waals surface area (Å²) in [5.74, 6) is 0.255. The highest BCUT2D eigenvalue weighted by Crippen LogP contribution is 2.37. The van der Waals surface area contributed by atoms with Crippen LogP contribution in [0.15, 0.2) is 48.7 Å². The predicted octanol–water partition coefficient (Wildman–Crippen LogP) is 8.36. The Morgan fingerprint density at radius 3 is 2.54 bits per heavy atom. The Bertz CT molecular complexity index is 1450. The highest BCUT2D eigenvalue weighted by molar-refractivity contribution is 7.15. The largest absolute Gasteiger partial charge is 0.489 e. The molecule has 0 saturated heterocycles. The number of anilines is 2. The molecule has 0 aliphatic heterocycles. The van der Waals surface area contributed by atoms with E-state index in [2.05, 4.69) is 61.2 Å². The lowest BCUT2D eigenvalue weighted by atomic mass is 9.94. The lowest BCUT2D eigenvalue weighted by molar-refractivity contribution is 0.158. The standard InChI is InChI=1S/C33H40FN5OS/c1-5-9-30-38-31(24-19-22(2)18-23(3)20-24)32(41-30)28-14-15-35-33(37-28)36-25-12-13-29(27(34)21-25)40-17-16-39(4)26-10-7-6-8-11-26/h12-15,18-21,26H,5-11,16-17H2,1-4H3,(H,35,36,37). The summed E-state index contributed by atoms with van der Waals surface area (Å²) in [6, 6.07) is 13.9. The lowest BCUT2D eigenvalue weighted by Gasteiger charge is -2.31. The fourth-order valence-electron chi connectivity index (χ4n) is 5.54. The zero-order chi connectivity index (χ0) is 28.8. The number of hydrogen-bond donors (Lipinski definition) is 1. The van der Waals surface area contributed by atoms with Crippen molar-refractivity contribution in [2.45, 2.75) is 71.8 Å². The minimum atomic E-state index is -0.407. The summed E-state index contributed by atoms with van der Waals surface area (Å²) in [7, 11) is 2.14. The van der Waals surface area contributed by atoms with Gasteiger partial charge in [0.2, 0.25) is 5.95 Å². The molecule has 6 nitrogen and oxygen atoms in total. The van der Waals surface area contributed by atoms with Gasteiger partial charge >= 0.3 is 0 Å². The maximum Gasteiger partial charge on any atom is 0.227 e. The van der Waals surface area contributed by atoms with Gasteiger partial charge in [-0.25, -0.2) is 19.3 Å². The number of nitrogens with zero attached hydrogens (tertiary/aromatic N) is 4. The molecule has 216 valence electrons. The first-order chi connectivity index (χ1) is 19.9. The van der Waals surface area contributed by atoms with E-state index in [-0.39, 0.29) is 5.75 Å². The van der Waals surface area contributed by atoms with Crippen molar-refractivity contribution >= 4 is 23.0 Å². The molecular weight excluding hydrogens is 533 g/mol. The van der Waals surface area contributed by atoms with Crippen LogP contribution in [0.5, 0.6) is 5.75 Å². The van der Waals surface area contributed by atoms with Gasteiger partial charge in [-0.05, 0) is 76.9 Å². The van der Waals surface area contributed by atoms with E-state index in [1.54, 1.807) is 29.7 Å². The minimum Gasteiger partial charge on any atom is -0.489 e. The van der Waals surface area contributed by atoms with Gasteiger partial charge in [0, 0.05) is 36.1 Å². The highest BCUT2D eigenvalue weighted by Gasteiger charge is 2.19. The van der Waals surface area contributed by atoms with Crippen LogP contribution in [-0.4, -0.2) is 46.1 Å². The molecule has 0 radical (unpaired) electrons. The highest BCUT2D eigenvalue weighted by atomic mass is 32.1. The Morgan fingerprint density at radius 1 is 1.02 bits per heavy atom. The van der Waals surface area contributed by atoms with E-state index in [1.807, 2.05) is 6.07 Å². The van der Waals surface area contributed by atoms with Gasteiger partial charge in [0.25, 0.3) is 0 Å². The number of benzene rings is 2. The number of nitrogens with one attached hydrogen (secondary N) is 1. The normalized spacial score (nSPS) is 14.0. The molecule has 41 heavy (non-hydrogen) atoms. The minimum absolute atomic E-state index is 0.258. The number of ether oxygens (including phenoxy) is 1. The number of halogens is 1. The molecule has 4 aromatic rings. The third-order valence-corrected chi connectivity index (χ3v) is 8.74. The van der Waals surface area contributed by atoms with Gasteiger partial charge in [-0.15, -0.1) is 11.3 Å². The van der Waals surface area contributed by atoms with Gasteiger partial charge in [0.05, 0.1) is 21.3 Å². The van der Waals surface area contributed by atoms with Gasteiger partial charge in [0.15, 0.2) is 11.6 Å². The van der Waals surface area contributed by atoms with Crippen LogP contribution in [0.3, 0.4) is 0 Å². The quantitative estimate of drug-likeness (QED) is 0.195. The number of hydrogen-bond acceptors (Lipinski definition) is 7. The van der Waals surface area contributed by atoms with E-state index in [1.165, 1.54) is 49.3 Å². The zero-order valence-electron chi connectivity index (χ0n) is 24.5. The van der Waals surface area contributed by atoms with Gasteiger partial charge in [-0.2, -0.15) is 0 Å². The van der Waals surface area contributed by atoms with Crippen LogP contribution < -0.4 is 10.1 Å². The Balaban J connectivity index is 1.29. The monoisotopic (exact) mass is 573 g/mol. The summed E-state index contributed by atoms with van der Waals surface area (Å²) in [6.45, 7) is 7.61.